The summed E-state index contributed by atoms with van der Waals surface area (Å²) in [5.74, 6) is 1.34. The van der Waals surface area contributed by atoms with Gasteiger partial charge < -0.3 is 15.0 Å². The minimum absolute atomic E-state index is 0. The lowest BCUT2D eigenvalue weighted by Crippen LogP contribution is -2.38. The lowest BCUT2D eigenvalue weighted by molar-refractivity contribution is -0.140. The summed E-state index contributed by atoms with van der Waals surface area (Å²) in [7, 11) is 1.44. The van der Waals surface area contributed by atoms with Crippen LogP contribution in [0, 0.1) is 5.92 Å². The number of piperidine rings is 2. The molecule has 0 bridgehead atoms. The van der Waals surface area contributed by atoms with Crippen molar-refractivity contribution in [3.63, 3.8) is 0 Å². The van der Waals surface area contributed by atoms with Crippen LogP contribution in [0.1, 0.15) is 73.2 Å². The van der Waals surface area contributed by atoms with Gasteiger partial charge in [-0.05, 0) is 74.7 Å². The van der Waals surface area contributed by atoms with E-state index in [1.54, 1.807) is 0 Å². The second kappa shape index (κ2) is 12.2. The lowest BCUT2D eigenvalue weighted by atomic mass is 9.89. The number of rotatable bonds is 7. The maximum atomic E-state index is 12.8. The van der Waals surface area contributed by atoms with Gasteiger partial charge >= 0.3 is 5.97 Å². The number of likely N-dealkylation sites (tertiary alicyclic amines) is 1. The molecule has 2 aliphatic rings. The standard InChI is InChI=1S/C23H34N2O3.ClH/c1-28-22(26)5-3-2-4-18-12-16-25(17-13-18)23(27)21-8-6-19(7-9-21)20-10-14-24-15-11-20;/h6-9,18,20,24H,2-5,10-17H2,1H3;1H. The van der Waals surface area contributed by atoms with Crippen LogP contribution < -0.4 is 5.32 Å². The zero-order valence-electron chi connectivity index (χ0n) is 17.5. The molecule has 0 atom stereocenters. The molecule has 1 aromatic carbocycles. The Hall–Kier alpha value is -1.59. The molecular formula is C23H35ClN2O3. The van der Waals surface area contributed by atoms with Crippen molar-refractivity contribution in [2.45, 2.75) is 57.3 Å². The maximum Gasteiger partial charge on any atom is 0.305 e. The third kappa shape index (κ3) is 7.00. The number of hydrogen-bond donors (Lipinski definition) is 1. The van der Waals surface area contributed by atoms with E-state index < -0.39 is 0 Å². The number of carbonyl (C=O) groups is 2. The second-order valence-electron chi connectivity index (χ2n) is 8.20. The molecule has 0 aliphatic carbocycles. The van der Waals surface area contributed by atoms with E-state index in [9.17, 15) is 9.59 Å². The Labute approximate surface area is 181 Å². The summed E-state index contributed by atoms with van der Waals surface area (Å²) in [6, 6.07) is 8.33. The summed E-state index contributed by atoms with van der Waals surface area (Å²) in [5, 5.41) is 3.40. The summed E-state index contributed by atoms with van der Waals surface area (Å²) < 4.78 is 4.68. The molecular weight excluding hydrogens is 388 g/mol. The van der Waals surface area contributed by atoms with E-state index in [1.165, 1.54) is 25.5 Å². The number of unbranched alkanes of at least 4 members (excludes halogenated alkanes) is 1. The number of carbonyl (C=O) groups excluding carboxylic acids is 2. The number of methoxy groups -OCH3 is 1. The van der Waals surface area contributed by atoms with Crippen molar-refractivity contribution >= 4 is 24.3 Å². The maximum absolute atomic E-state index is 12.8. The molecule has 5 nitrogen and oxygen atoms in total. The SMILES string of the molecule is COC(=O)CCCCC1CCN(C(=O)c2ccc(C3CCNCC3)cc2)CC1.Cl. The fourth-order valence-corrected chi connectivity index (χ4v) is 4.46. The molecule has 29 heavy (non-hydrogen) atoms. The highest BCUT2D eigenvalue weighted by atomic mass is 35.5. The van der Waals surface area contributed by atoms with E-state index in [2.05, 4.69) is 22.2 Å². The summed E-state index contributed by atoms with van der Waals surface area (Å²) >= 11 is 0. The number of hydrogen-bond acceptors (Lipinski definition) is 4. The van der Waals surface area contributed by atoms with Crippen molar-refractivity contribution in [3.05, 3.63) is 35.4 Å². The van der Waals surface area contributed by atoms with Gasteiger partial charge in [0.2, 0.25) is 0 Å². The van der Waals surface area contributed by atoms with Crippen LogP contribution in [0.25, 0.3) is 0 Å². The van der Waals surface area contributed by atoms with E-state index in [-0.39, 0.29) is 24.3 Å². The molecule has 0 radical (unpaired) electrons. The van der Waals surface area contributed by atoms with Crippen LogP contribution in [0.5, 0.6) is 0 Å². The van der Waals surface area contributed by atoms with Crippen molar-refractivity contribution < 1.29 is 14.3 Å². The summed E-state index contributed by atoms with van der Waals surface area (Å²) in [6.07, 6.45) is 8.11. The molecule has 2 aliphatic heterocycles. The number of esters is 1. The predicted octanol–water partition coefficient (Wildman–Crippen LogP) is 4.16. The first-order valence-electron chi connectivity index (χ1n) is 10.8. The van der Waals surface area contributed by atoms with Gasteiger partial charge in [-0.15, -0.1) is 12.4 Å². The molecule has 6 heteroatoms. The number of benzene rings is 1. The molecule has 2 heterocycles. The highest BCUT2D eigenvalue weighted by Gasteiger charge is 2.24. The number of nitrogens with zero attached hydrogens (tertiary/aromatic N) is 1. The van der Waals surface area contributed by atoms with E-state index in [0.29, 0.717) is 18.3 Å². The Morgan fingerprint density at radius 1 is 1.03 bits per heavy atom. The van der Waals surface area contributed by atoms with Crippen LogP contribution in [0.4, 0.5) is 0 Å². The first kappa shape index (κ1) is 23.7. The zero-order chi connectivity index (χ0) is 19.8. The number of ether oxygens (including phenoxy) is 1. The Morgan fingerprint density at radius 3 is 2.31 bits per heavy atom. The van der Waals surface area contributed by atoms with Gasteiger partial charge in [0.1, 0.15) is 0 Å². The van der Waals surface area contributed by atoms with Crippen LogP contribution in [-0.2, 0) is 9.53 Å². The topological polar surface area (TPSA) is 58.6 Å². The third-order valence-electron chi connectivity index (χ3n) is 6.34. The number of amides is 1. The van der Waals surface area contributed by atoms with Crippen LogP contribution >= 0.6 is 12.4 Å². The first-order chi connectivity index (χ1) is 13.7. The first-order valence-corrected chi connectivity index (χ1v) is 10.8. The van der Waals surface area contributed by atoms with Crippen molar-refractivity contribution in [1.29, 1.82) is 0 Å². The van der Waals surface area contributed by atoms with Crippen LogP contribution in [0.15, 0.2) is 24.3 Å². The van der Waals surface area contributed by atoms with Gasteiger partial charge in [0.25, 0.3) is 5.91 Å². The van der Waals surface area contributed by atoms with Gasteiger partial charge in [-0.3, -0.25) is 9.59 Å². The van der Waals surface area contributed by atoms with Gasteiger partial charge in [-0.1, -0.05) is 25.0 Å². The van der Waals surface area contributed by atoms with E-state index in [1.807, 2.05) is 17.0 Å². The highest BCUT2D eigenvalue weighted by molar-refractivity contribution is 5.94. The van der Waals surface area contributed by atoms with Gasteiger partial charge in [0.05, 0.1) is 7.11 Å². The van der Waals surface area contributed by atoms with Crippen molar-refractivity contribution in [2.75, 3.05) is 33.3 Å². The molecule has 2 saturated heterocycles. The summed E-state index contributed by atoms with van der Waals surface area (Å²) in [5.41, 5.74) is 2.18. The molecule has 1 N–H and O–H groups in total. The largest absolute Gasteiger partial charge is 0.469 e. The van der Waals surface area contributed by atoms with Crippen LogP contribution in [0.2, 0.25) is 0 Å². The molecule has 2 fully saturated rings. The monoisotopic (exact) mass is 422 g/mol. The van der Waals surface area contributed by atoms with E-state index >= 15 is 0 Å². The van der Waals surface area contributed by atoms with E-state index in [0.717, 1.165) is 63.8 Å². The summed E-state index contributed by atoms with van der Waals surface area (Å²) in [6.45, 7) is 3.86. The predicted molar refractivity (Wildman–Crippen MR) is 118 cm³/mol. The third-order valence-corrected chi connectivity index (χ3v) is 6.34. The van der Waals surface area contributed by atoms with Crippen LogP contribution in [0.3, 0.4) is 0 Å². The molecule has 0 saturated carbocycles. The van der Waals surface area contributed by atoms with Gasteiger partial charge in [-0.25, -0.2) is 0 Å². The van der Waals surface area contributed by atoms with Gasteiger partial charge in [0, 0.05) is 25.1 Å². The molecule has 0 aromatic heterocycles. The fraction of sp³-hybridized carbons (Fsp3) is 0.652. The highest BCUT2D eigenvalue weighted by Crippen LogP contribution is 2.27. The number of nitrogens with one attached hydrogen (secondary N) is 1. The second-order valence-corrected chi connectivity index (χ2v) is 8.20. The minimum atomic E-state index is -0.119. The van der Waals surface area contributed by atoms with Gasteiger partial charge in [0.15, 0.2) is 0 Å². The Bertz CT molecular complexity index is 636. The fourth-order valence-electron chi connectivity index (χ4n) is 4.46. The Balaban J connectivity index is 0.00000300. The molecule has 1 amide bonds. The summed E-state index contributed by atoms with van der Waals surface area (Å²) in [4.78, 5) is 26.0. The van der Waals surface area contributed by atoms with Crippen LogP contribution in [-0.4, -0.2) is 50.1 Å². The zero-order valence-corrected chi connectivity index (χ0v) is 18.3. The Kier molecular flexibility index (Phi) is 9.95. The lowest BCUT2D eigenvalue weighted by Gasteiger charge is -2.32. The average Bonchev–Trinajstić information content (AvgIpc) is 2.77. The normalized spacial score (nSPS) is 18.2. The van der Waals surface area contributed by atoms with Gasteiger partial charge in [-0.2, -0.15) is 0 Å². The van der Waals surface area contributed by atoms with E-state index in [4.69, 9.17) is 0 Å². The average molecular weight is 423 g/mol. The molecule has 3 rings (SSSR count). The van der Waals surface area contributed by atoms with Crippen molar-refractivity contribution in [3.8, 4) is 0 Å². The smallest absolute Gasteiger partial charge is 0.305 e. The molecule has 0 spiro atoms. The Morgan fingerprint density at radius 2 is 1.69 bits per heavy atom. The molecule has 1 aromatic rings. The number of halogens is 1. The van der Waals surface area contributed by atoms with Crippen molar-refractivity contribution in [2.24, 2.45) is 5.92 Å². The van der Waals surface area contributed by atoms with Crippen molar-refractivity contribution in [1.82, 2.24) is 10.2 Å². The minimum Gasteiger partial charge on any atom is -0.469 e. The quantitative estimate of drug-likeness (QED) is 0.529. The molecule has 162 valence electrons. The molecule has 0 unspecified atom stereocenters.